The molecule has 0 aliphatic rings. The molecule has 180 valence electrons. The zero-order chi connectivity index (χ0) is 24.6. The monoisotopic (exact) mass is 538 g/mol. The number of anilines is 1. The number of para-hydroxylation sites is 1. The lowest BCUT2D eigenvalue weighted by Gasteiger charge is -2.32. The lowest BCUT2D eigenvalue weighted by Crippen LogP contribution is -2.52. The van der Waals surface area contributed by atoms with Gasteiger partial charge < -0.3 is 10.2 Å². The Kier molecular flexibility index (Phi) is 9.87. The van der Waals surface area contributed by atoms with Crippen LogP contribution < -0.4 is 9.62 Å². The van der Waals surface area contributed by atoms with Gasteiger partial charge in [0, 0.05) is 31.7 Å². The lowest BCUT2D eigenvalue weighted by molar-refractivity contribution is -0.139. The van der Waals surface area contributed by atoms with Gasteiger partial charge in [-0.3, -0.25) is 9.59 Å². The third-order valence-corrected chi connectivity index (χ3v) is 7.33. The molecule has 1 unspecified atom stereocenters. The van der Waals surface area contributed by atoms with Crippen LogP contribution >= 0.6 is 15.9 Å². The van der Waals surface area contributed by atoms with Crippen LogP contribution in [0.15, 0.2) is 59.1 Å². The summed E-state index contributed by atoms with van der Waals surface area (Å²) in [4.78, 5) is 27.6. The molecule has 0 spiro atoms. The second-order valence-electron chi connectivity index (χ2n) is 7.75. The summed E-state index contributed by atoms with van der Waals surface area (Å²) in [5.74, 6) is -0.773. The molecule has 10 heteroatoms. The fraction of sp³-hybridized carbons (Fsp3) is 0.391. The van der Waals surface area contributed by atoms with Crippen LogP contribution in [0.1, 0.15) is 25.8 Å². The first-order chi connectivity index (χ1) is 15.6. The highest BCUT2D eigenvalue weighted by Gasteiger charge is 2.32. The molecular formula is C23H31BrN4O4S. The Hall–Kier alpha value is -2.43. The maximum absolute atomic E-state index is 13.5. The van der Waals surface area contributed by atoms with Gasteiger partial charge in [-0.1, -0.05) is 53.2 Å². The van der Waals surface area contributed by atoms with Gasteiger partial charge in [0.25, 0.3) is 0 Å². The van der Waals surface area contributed by atoms with Gasteiger partial charge in [0.1, 0.15) is 12.6 Å². The first-order valence-electron chi connectivity index (χ1n) is 10.6. The Morgan fingerprint density at radius 1 is 1.06 bits per heavy atom. The first-order valence-corrected chi connectivity index (χ1v) is 12.8. The van der Waals surface area contributed by atoms with Gasteiger partial charge in [-0.05, 0) is 43.2 Å². The van der Waals surface area contributed by atoms with Crippen LogP contribution in [0.2, 0.25) is 0 Å². The molecule has 8 nitrogen and oxygen atoms in total. The maximum atomic E-state index is 13.5. The van der Waals surface area contributed by atoms with Gasteiger partial charge in [-0.15, -0.1) is 0 Å². The van der Waals surface area contributed by atoms with E-state index in [1.54, 1.807) is 37.3 Å². The van der Waals surface area contributed by atoms with Gasteiger partial charge in [0.2, 0.25) is 11.8 Å². The van der Waals surface area contributed by atoms with E-state index >= 15 is 0 Å². The number of rotatable bonds is 11. The number of halogens is 1. The van der Waals surface area contributed by atoms with E-state index in [2.05, 4.69) is 21.2 Å². The Morgan fingerprint density at radius 3 is 2.30 bits per heavy atom. The highest BCUT2D eigenvalue weighted by atomic mass is 79.9. The Bertz CT molecular complexity index is 1050. The van der Waals surface area contributed by atoms with Crippen molar-refractivity contribution in [1.82, 2.24) is 14.5 Å². The number of hydrogen-bond acceptors (Lipinski definition) is 4. The van der Waals surface area contributed by atoms with Gasteiger partial charge in [0.05, 0.1) is 5.69 Å². The van der Waals surface area contributed by atoms with Crippen LogP contribution in [0.25, 0.3) is 0 Å². The summed E-state index contributed by atoms with van der Waals surface area (Å²) in [5, 5.41) is 2.82. The molecule has 0 radical (unpaired) electrons. The summed E-state index contributed by atoms with van der Waals surface area (Å²) in [6.45, 7) is 3.80. The van der Waals surface area contributed by atoms with E-state index in [9.17, 15) is 18.0 Å². The zero-order valence-electron chi connectivity index (χ0n) is 19.4. The molecule has 2 amide bonds. The fourth-order valence-corrected chi connectivity index (χ4v) is 4.62. The number of amides is 2. The molecule has 0 bridgehead atoms. The molecule has 0 aliphatic carbocycles. The third kappa shape index (κ3) is 7.28. The smallest absolute Gasteiger partial charge is 0.304 e. The van der Waals surface area contributed by atoms with Crippen molar-refractivity contribution in [2.75, 3.05) is 31.5 Å². The van der Waals surface area contributed by atoms with Crippen molar-refractivity contribution in [3.8, 4) is 0 Å². The second kappa shape index (κ2) is 12.2. The molecule has 2 rings (SSSR count). The fourth-order valence-electron chi connectivity index (χ4n) is 3.12. The molecule has 33 heavy (non-hydrogen) atoms. The van der Waals surface area contributed by atoms with Crippen LogP contribution in [0.5, 0.6) is 0 Å². The molecule has 0 saturated carbocycles. The predicted octanol–water partition coefficient (Wildman–Crippen LogP) is 3.01. The molecule has 1 N–H and O–H groups in total. The zero-order valence-corrected chi connectivity index (χ0v) is 21.8. The van der Waals surface area contributed by atoms with Gasteiger partial charge in [-0.25, -0.2) is 4.31 Å². The molecular weight excluding hydrogens is 508 g/mol. The largest absolute Gasteiger partial charge is 0.354 e. The predicted molar refractivity (Wildman–Crippen MR) is 134 cm³/mol. The number of nitrogens with one attached hydrogen (secondary N) is 1. The van der Waals surface area contributed by atoms with E-state index in [4.69, 9.17) is 0 Å². The van der Waals surface area contributed by atoms with Crippen LogP contribution in [-0.2, 0) is 26.3 Å². The number of carbonyl (C=O) groups is 2. The molecule has 1 atom stereocenters. The molecule has 0 aromatic heterocycles. The van der Waals surface area contributed by atoms with Gasteiger partial charge in [-0.2, -0.15) is 12.7 Å². The first kappa shape index (κ1) is 26.8. The Balaban J connectivity index is 2.40. The molecule has 2 aromatic carbocycles. The standard InChI is InChI=1S/C23H31BrN4O4S/c1-5-14-25-23(30)18(2)27(16-19-10-9-11-20(24)15-19)22(29)17-28(33(31,32)26(3)4)21-12-7-6-8-13-21/h6-13,15,18H,5,14,16-17H2,1-4H3,(H,25,30). The van der Waals surface area contributed by atoms with E-state index in [0.29, 0.717) is 12.2 Å². The minimum atomic E-state index is -3.95. The Morgan fingerprint density at radius 2 is 1.73 bits per heavy atom. The van der Waals surface area contributed by atoms with Crippen LogP contribution in [0, 0.1) is 0 Å². The number of carbonyl (C=O) groups excluding carboxylic acids is 2. The summed E-state index contributed by atoms with van der Waals surface area (Å²) >= 11 is 3.43. The van der Waals surface area contributed by atoms with Gasteiger partial charge >= 0.3 is 10.2 Å². The van der Waals surface area contributed by atoms with Crippen LogP contribution in [-0.4, -0.2) is 62.7 Å². The topological polar surface area (TPSA) is 90.0 Å². The van der Waals surface area contributed by atoms with Crippen LogP contribution in [0.4, 0.5) is 5.69 Å². The molecule has 0 saturated heterocycles. The number of benzene rings is 2. The molecule has 0 aliphatic heterocycles. The van der Waals surface area contributed by atoms with Crippen molar-refractivity contribution < 1.29 is 18.0 Å². The van der Waals surface area contributed by atoms with Crippen molar-refractivity contribution in [1.29, 1.82) is 0 Å². The van der Waals surface area contributed by atoms with E-state index in [1.807, 2.05) is 31.2 Å². The molecule has 0 heterocycles. The summed E-state index contributed by atoms with van der Waals surface area (Å²) < 4.78 is 29.0. The normalized spacial score (nSPS) is 12.3. The average Bonchev–Trinajstić information content (AvgIpc) is 2.79. The third-order valence-electron chi connectivity index (χ3n) is 5.02. The van der Waals surface area contributed by atoms with E-state index in [0.717, 1.165) is 25.1 Å². The summed E-state index contributed by atoms with van der Waals surface area (Å²) in [5.41, 5.74) is 1.18. The minimum Gasteiger partial charge on any atom is -0.354 e. The summed E-state index contributed by atoms with van der Waals surface area (Å²) in [6, 6.07) is 15.1. The Labute approximate surface area is 204 Å². The quantitative estimate of drug-likeness (QED) is 0.476. The average molecular weight is 539 g/mol. The van der Waals surface area contributed by atoms with Crippen molar-refractivity contribution in [2.24, 2.45) is 0 Å². The highest BCUT2D eigenvalue weighted by Crippen LogP contribution is 2.21. The number of nitrogens with zero attached hydrogens (tertiary/aromatic N) is 3. The SMILES string of the molecule is CCCNC(=O)C(C)N(Cc1cccc(Br)c1)C(=O)CN(c1ccccc1)S(=O)(=O)N(C)C. The van der Waals surface area contributed by atoms with Gasteiger partial charge in [0.15, 0.2) is 0 Å². The molecule has 2 aromatic rings. The second-order valence-corrected chi connectivity index (χ2v) is 10.7. The lowest BCUT2D eigenvalue weighted by atomic mass is 10.1. The molecule has 0 fully saturated rings. The van der Waals surface area contributed by atoms with Crippen molar-refractivity contribution in [2.45, 2.75) is 32.9 Å². The van der Waals surface area contributed by atoms with Crippen LogP contribution in [0.3, 0.4) is 0 Å². The van der Waals surface area contributed by atoms with Crippen molar-refractivity contribution >= 4 is 43.6 Å². The van der Waals surface area contributed by atoms with Crippen molar-refractivity contribution in [3.63, 3.8) is 0 Å². The van der Waals surface area contributed by atoms with E-state index in [1.165, 1.54) is 19.0 Å². The van der Waals surface area contributed by atoms with E-state index in [-0.39, 0.29) is 12.5 Å². The van der Waals surface area contributed by atoms with E-state index < -0.39 is 28.7 Å². The highest BCUT2D eigenvalue weighted by molar-refractivity contribution is 9.10. The van der Waals surface area contributed by atoms with Crippen molar-refractivity contribution in [3.05, 3.63) is 64.6 Å². The minimum absolute atomic E-state index is 0.156. The maximum Gasteiger partial charge on any atom is 0.304 e. The number of hydrogen-bond donors (Lipinski definition) is 1. The summed E-state index contributed by atoms with van der Waals surface area (Å²) in [7, 11) is -1.12. The summed E-state index contributed by atoms with van der Waals surface area (Å²) in [6.07, 6.45) is 0.765.